The van der Waals surface area contributed by atoms with Gasteiger partial charge >= 0.3 is 0 Å². The number of aliphatic hydroxyl groups is 1. The molecule has 6 heteroatoms. The average Bonchev–Trinajstić information content (AvgIpc) is 2.30. The van der Waals surface area contributed by atoms with Crippen molar-refractivity contribution >= 4 is 26.0 Å². The molecule has 1 aromatic rings. The van der Waals surface area contributed by atoms with Gasteiger partial charge in [0.05, 0.1) is 4.90 Å². The summed E-state index contributed by atoms with van der Waals surface area (Å²) in [6.45, 7) is 6.02. The summed E-state index contributed by atoms with van der Waals surface area (Å²) in [5.41, 5.74) is 0.601. The lowest BCUT2D eigenvalue weighted by molar-refractivity contribution is 0.213. The van der Waals surface area contributed by atoms with Crippen molar-refractivity contribution in [3.8, 4) is 0 Å². The standard InChI is InChI=1S/C13H20BrNO3S/c1-10-8-11(4-5-12(10)14)19(17,18)15-9-13(2,3)6-7-16/h4-5,8,15-16H,6-7,9H2,1-3H3. The Kier molecular flexibility index (Phi) is 5.55. The summed E-state index contributed by atoms with van der Waals surface area (Å²) in [6, 6.07) is 4.92. The molecule has 0 aliphatic rings. The fourth-order valence-electron chi connectivity index (χ4n) is 1.55. The SMILES string of the molecule is Cc1cc(S(=O)(=O)NCC(C)(C)CCO)ccc1Br. The minimum atomic E-state index is -3.50. The van der Waals surface area contributed by atoms with Gasteiger partial charge in [0, 0.05) is 17.6 Å². The maximum atomic E-state index is 12.2. The van der Waals surface area contributed by atoms with E-state index in [4.69, 9.17) is 5.11 Å². The molecule has 0 amide bonds. The normalized spacial score (nSPS) is 12.7. The summed E-state index contributed by atoms with van der Waals surface area (Å²) in [6.07, 6.45) is 0.550. The molecule has 0 spiro atoms. The molecule has 0 heterocycles. The van der Waals surface area contributed by atoms with E-state index in [1.165, 1.54) is 0 Å². The van der Waals surface area contributed by atoms with Gasteiger partial charge < -0.3 is 5.11 Å². The van der Waals surface area contributed by atoms with E-state index in [0.717, 1.165) is 10.0 Å². The molecule has 108 valence electrons. The van der Waals surface area contributed by atoms with Crippen molar-refractivity contribution in [1.82, 2.24) is 4.72 Å². The third kappa shape index (κ3) is 4.87. The summed E-state index contributed by atoms with van der Waals surface area (Å²) in [4.78, 5) is 0.257. The van der Waals surface area contributed by atoms with Crippen LogP contribution in [0.25, 0.3) is 0 Å². The highest BCUT2D eigenvalue weighted by atomic mass is 79.9. The molecular weight excluding hydrogens is 330 g/mol. The van der Waals surface area contributed by atoms with E-state index in [0.29, 0.717) is 13.0 Å². The van der Waals surface area contributed by atoms with Crippen LogP contribution in [-0.4, -0.2) is 26.7 Å². The number of rotatable bonds is 6. The van der Waals surface area contributed by atoms with E-state index < -0.39 is 10.0 Å². The van der Waals surface area contributed by atoms with Gasteiger partial charge in [-0.25, -0.2) is 13.1 Å². The molecule has 1 rings (SSSR count). The number of halogens is 1. The van der Waals surface area contributed by atoms with Crippen LogP contribution >= 0.6 is 15.9 Å². The smallest absolute Gasteiger partial charge is 0.240 e. The van der Waals surface area contributed by atoms with Gasteiger partial charge in [-0.05, 0) is 42.5 Å². The first kappa shape index (κ1) is 16.6. The van der Waals surface area contributed by atoms with Crippen LogP contribution in [0.1, 0.15) is 25.8 Å². The van der Waals surface area contributed by atoms with Crippen LogP contribution in [0.5, 0.6) is 0 Å². The van der Waals surface area contributed by atoms with E-state index in [-0.39, 0.29) is 16.9 Å². The van der Waals surface area contributed by atoms with Gasteiger partial charge in [0.25, 0.3) is 0 Å². The van der Waals surface area contributed by atoms with E-state index in [1.54, 1.807) is 18.2 Å². The molecule has 0 atom stereocenters. The quantitative estimate of drug-likeness (QED) is 0.828. The minimum absolute atomic E-state index is 0.0477. The Bertz CT molecular complexity index is 541. The number of nitrogens with one attached hydrogen (secondary N) is 1. The first-order valence-corrected chi connectivity index (χ1v) is 8.32. The summed E-state index contributed by atoms with van der Waals surface area (Å²) >= 11 is 3.34. The second kappa shape index (κ2) is 6.35. The van der Waals surface area contributed by atoms with Crippen LogP contribution < -0.4 is 4.72 Å². The van der Waals surface area contributed by atoms with Crippen molar-refractivity contribution in [2.45, 2.75) is 32.1 Å². The topological polar surface area (TPSA) is 66.4 Å². The first-order chi connectivity index (χ1) is 8.68. The van der Waals surface area contributed by atoms with Crippen molar-refractivity contribution in [2.24, 2.45) is 5.41 Å². The maximum absolute atomic E-state index is 12.2. The molecule has 4 nitrogen and oxygen atoms in total. The largest absolute Gasteiger partial charge is 0.396 e. The molecule has 0 fully saturated rings. The van der Waals surface area contributed by atoms with E-state index in [9.17, 15) is 8.42 Å². The second-order valence-corrected chi connectivity index (χ2v) is 7.99. The Morgan fingerprint density at radius 3 is 2.53 bits per heavy atom. The number of aliphatic hydroxyl groups excluding tert-OH is 1. The summed E-state index contributed by atoms with van der Waals surface area (Å²) in [7, 11) is -3.50. The van der Waals surface area contributed by atoms with Crippen molar-refractivity contribution in [3.63, 3.8) is 0 Å². The molecule has 0 aliphatic heterocycles. The molecule has 0 aromatic heterocycles. The van der Waals surface area contributed by atoms with Crippen LogP contribution in [0.15, 0.2) is 27.6 Å². The second-order valence-electron chi connectivity index (χ2n) is 5.37. The van der Waals surface area contributed by atoms with Crippen LogP contribution in [0.3, 0.4) is 0 Å². The van der Waals surface area contributed by atoms with Gasteiger partial charge in [0.15, 0.2) is 0 Å². The number of aryl methyl sites for hydroxylation is 1. The predicted octanol–water partition coefficient (Wildman–Crippen LogP) is 2.44. The number of hydrogen-bond donors (Lipinski definition) is 2. The maximum Gasteiger partial charge on any atom is 0.240 e. The summed E-state index contributed by atoms with van der Waals surface area (Å²) in [5, 5.41) is 8.93. The van der Waals surface area contributed by atoms with Gasteiger partial charge in [0.2, 0.25) is 10.0 Å². The molecule has 0 radical (unpaired) electrons. The molecule has 0 saturated carbocycles. The lowest BCUT2D eigenvalue weighted by Crippen LogP contribution is -2.34. The van der Waals surface area contributed by atoms with E-state index in [2.05, 4.69) is 20.7 Å². The molecule has 2 N–H and O–H groups in total. The van der Waals surface area contributed by atoms with Gasteiger partial charge in [-0.3, -0.25) is 0 Å². The highest BCUT2D eigenvalue weighted by Crippen LogP contribution is 2.22. The van der Waals surface area contributed by atoms with Crippen molar-refractivity contribution in [3.05, 3.63) is 28.2 Å². The fraction of sp³-hybridized carbons (Fsp3) is 0.538. The van der Waals surface area contributed by atoms with E-state index >= 15 is 0 Å². The zero-order valence-corrected chi connectivity index (χ0v) is 13.8. The Hall–Kier alpha value is -0.430. The third-order valence-corrected chi connectivity index (χ3v) is 5.26. The summed E-state index contributed by atoms with van der Waals surface area (Å²) < 4.78 is 27.8. The Labute approximate surface area is 123 Å². The number of sulfonamides is 1. The van der Waals surface area contributed by atoms with Crippen molar-refractivity contribution in [2.75, 3.05) is 13.2 Å². The van der Waals surface area contributed by atoms with Gasteiger partial charge in [-0.15, -0.1) is 0 Å². The average molecular weight is 350 g/mol. The fourth-order valence-corrected chi connectivity index (χ4v) is 3.12. The Balaban J connectivity index is 2.84. The summed E-state index contributed by atoms with van der Waals surface area (Å²) in [5.74, 6) is 0. The van der Waals surface area contributed by atoms with Crippen LogP contribution in [-0.2, 0) is 10.0 Å². The zero-order valence-electron chi connectivity index (χ0n) is 11.4. The van der Waals surface area contributed by atoms with Crippen LogP contribution in [0.4, 0.5) is 0 Å². The number of hydrogen-bond acceptors (Lipinski definition) is 3. The lowest BCUT2D eigenvalue weighted by atomic mass is 9.90. The Morgan fingerprint density at radius 1 is 1.37 bits per heavy atom. The van der Waals surface area contributed by atoms with Gasteiger partial charge in [-0.1, -0.05) is 29.8 Å². The molecule has 19 heavy (non-hydrogen) atoms. The predicted molar refractivity (Wildman–Crippen MR) is 79.6 cm³/mol. The lowest BCUT2D eigenvalue weighted by Gasteiger charge is -2.23. The third-order valence-electron chi connectivity index (χ3n) is 2.97. The molecule has 1 aromatic carbocycles. The van der Waals surface area contributed by atoms with Crippen molar-refractivity contribution < 1.29 is 13.5 Å². The Morgan fingerprint density at radius 2 is 2.00 bits per heavy atom. The minimum Gasteiger partial charge on any atom is -0.396 e. The molecule has 0 saturated heterocycles. The van der Waals surface area contributed by atoms with Gasteiger partial charge in [-0.2, -0.15) is 0 Å². The van der Waals surface area contributed by atoms with Crippen molar-refractivity contribution in [1.29, 1.82) is 0 Å². The van der Waals surface area contributed by atoms with Crippen LogP contribution in [0.2, 0.25) is 0 Å². The van der Waals surface area contributed by atoms with E-state index in [1.807, 2.05) is 20.8 Å². The molecule has 0 bridgehead atoms. The van der Waals surface area contributed by atoms with Crippen LogP contribution in [0, 0.1) is 12.3 Å². The number of benzene rings is 1. The molecule has 0 unspecified atom stereocenters. The van der Waals surface area contributed by atoms with Gasteiger partial charge in [0.1, 0.15) is 0 Å². The zero-order chi connectivity index (χ0) is 14.7. The molecule has 0 aliphatic carbocycles. The first-order valence-electron chi connectivity index (χ1n) is 6.05. The highest BCUT2D eigenvalue weighted by molar-refractivity contribution is 9.10. The highest BCUT2D eigenvalue weighted by Gasteiger charge is 2.22. The molecular formula is C13H20BrNO3S. The monoisotopic (exact) mass is 349 g/mol.